The van der Waals surface area contributed by atoms with E-state index in [2.05, 4.69) is 4.74 Å². The first-order chi connectivity index (χ1) is 10.1. The van der Waals surface area contributed by atoms with Crippen molar-refractivity contribution in [2.45, 2.75) is 55.1 Å². The van der Waals surface area contributed by atoms with Crippen molar-refractivity contribution in [1.82, 2.24) is 5.54 Å². The highest BCUT2D eigenvalue weighted by molar-refractivity contribution is 5.25. The molecule has 0 amide bonds. The second-order valence-corrected chi connectivity index (χ2v) is 4.85. The molecule has 0 aromatic heterocycles. The minimum Gasteiger partial charge on any atom is -0.347 e. The summed E-state index contributed by atoms with van der Waals surface area (Å²) in [4.78, 5) is 0. The lowest BCUT2D eigenvalue weighted by atomic mass is 9.76. The van der Waals surface area contributed by atoms with Gasteiger partial charge in [-0.25, -0.2) is 0 Å². The molecule has 0 atom stereocenters. The molecule has 2 nitrogen and oxygen atoms in total. The summed E-state index contributed by atoms with van der Waals surface area (Å²) in [7, 11) is 0. The fourth-order valence-corrected chi connectivity index (χ4v) is 1.93. The van der Waals surface area contributed by atoms with Crippen molar-refractivity contribution >= 4 is 0 Å². The van der Waals surface area contributed by atoms with E-state index in [-0.39, 0.29) is 6.42 Å². The highest BCUT2D eigenvalue weighted by Crippen LogP contribution is 2.68. The van der Waals surface area contributed by atoms with Crippen molar-refractivity contribution in [3.8, 4) is 0 Å². The molecule has 1 aliphatic carbocycles. The maximum atomic E-state index is 13.6. The minimum atomic E-state index is -7.17. The summed E-state index contributed by atoms with van der Waals surface area (Å²) >= 11 is 0. The molecular formula is C10H10F11NO. The zero-order valence-electron chi connectivity index (χ0n) is 11.2. The summed E-state index contributed by atoms with van der Waals surface area (Å²) in [5.41, 5.74) is -6.29. The molecule has 0 heterocycles. The summed E-state index contributed by atoms with van der Waals surface area (Å²) in [6, 6.07) is 0. The summed E-state index contributed by atoms with van der Waals surface area (Å²) in [5, 5.41) is 0. The van der Waals surface area contributed by atoms with Gasteiger partial charge in [0, 0.05) is 6.61 Å². The second kappa shape index (κ2) is 5.33. The molecule has 1 N–H and O–H groups in total. The van der Waals surface area contributed by atoms with E-state index in [4.69, 9.17) is 0 Å². The Morgan fingerprint density at radius 2 is 1.04 bits per heavy atom. The molecular weight excluding hydrogens is 359 g/mol. The zero-order valence-corrected chi connectivity index (χ0v) is 11.2. The fraction of sp³-hybridized carbons (Fsp3) is 1.00. The molecule has 0 spiro atoms. The largest absolute Gasteiger partial charge is 0.384 e. The van der Waals surface area contributed by atoms with Crippen molar-refractivity contribution in [3.05, 3.63) is 0 Å². The molecule has 1 rings (SSSR count). The van der Waals surface area contributed by atoms with E-state index < -0.39 is 53.9 Å². The van der Waals surface area contributed by atoms with Gasteiger partial charge in [0.1, 0.15) is 0 Å². The Bertz CT molecular complexity index is 420. The standard InChI is InChI=1S/C10H10F11NO/c1-2-3-4-23-10(22-21)8(17,18)6(13,14)5(11,12)7(15,16)9(10,19)20/h22H,2-4H2,1H3. The first-order valence-corrected chi connectivity index (χ1v) is 6.03. The van der Waals surface area contributed by atoms with E-state index >= 15 is 0 Å². The van der Waals surface area contributed by atoms with Crippen LogP contribution >= 0.6 is 0 Å². The summed E-state index contributed by atoms with van der Waals surface area (Å²) < 4.78 is 149. The van der Waals surface area contributed by atoms with Gasteiger partial charge >= 0.3 is 29.6 Å². The smallest absolute Gasteiger partial charge is 0.347 e. The van der Waals surface area contributed by atoms with Gasteiger partial charge < -0.3 is 4.74 Å². The summed E-state index contributed by atoms with van der Waals surface area (Å²) in [5.74, 6) is -34.7. The molecule has 0 aromatic carbocycles. The van der Waals surface area contributed by atoms with E-state index in [0.29, 0.717) is 0 Å². The molecule has 0 saturated heterocycles. The van der Waals surface area contributed by atoms with Gasteiger partial charge in [-0.2, -0.15) is 43.9 Å². The number of unbranched alkanes of at least 4 members (excludes halogenated alkanes) is 1. The Balaban J connectivity index is 3.65. The number of hydrogen-bond donors (Lipinski definition) is 1. The lowest BCUT2D eigenvalue weighted by molar-refractivity contribution is -0.510. The average Bonchev–Trinajstić information content (AvgIpc) is 2.41. The van der Waals surface area contributed by atoms with Crippen molar-refractivity contribution in [2.24, 2.45) is 0 Å². The predicted molar refractivity (Wildman–Crippen MR) is 52.6 cm³/mol. The third-order valence-electron chi connectivity index (χ3n) is 3.41. The van der Waals surface area contributed by atoms with E-state index in [9.17, 15) is 48.4 Å². The van der Waals surface area contributed by atoms with Gasteiger partial charge in [-0.15, -0.1) is 10.0 Å². The number of rotatable bonds is 5. The molecule has 0 aromatic rings. The molecule has 0 bridgehead atoms. The second-order valence-electron chi connectivity index (χ2n) is 4.85. The summed E-state index contributed by atoms with van der Waals surface area (Å²) in [6.45, 7) is 0.0454. The number of halogens is 11. The molecule has 0 radical (unpaired) electrons. The Hall–Kier alpha value is -0.850. The van der Waals surface area contributed by atoms with Gasteiger partial charge in [-0.1, -0.05) is 13.3 Å². The Morgan fingerprint density at radius 3 is 1.35 bits per heavy atom. The molecule has 1 saturated carbocycles. The SMILES string of the molecule is CCCCOC1(NF)C(F)(F)C(F)(F)C(F)(F)C(F)(F)C1(F)F. The van der Waals surface area contributed by atoms with Crippen LogP contribution in [0.2, 0.25) is 0 Å². The lowest BCUT2D eigenvalue weighted by Gasteiger charge is -2.54. The molecule has 23 heavy (non-hydrogen) atoms. The van der Waals surface area contributed by atoms with E-state index in [1.54, 1.807) is 0 Å². The van der Waals surface area contributed by atoms with Crippen LogP contribution in [0.25, 0.3) is 0 Å². The van der Waals surface area contributed by atoms with Crippen molar-refractivity contribution in [3.63, 3.8) is 0 Å². The molecule has 138 valence electrons. The van der Waals surface area contributed by atoms with Gasteiger partial charge in [-0.3, -0.25) is 0 Å². The van der Waals surface area contributed by atoms with Crippen LogP contribution in [-0.4, -0.2) is 41.9 Å². The van der Waals surface area contributed by atoms with Crippen molar-refractivity contribution in [1.29, 1.82) is 0 Å². The van der Waals surface area contributed by atoms with E-state index in [1.807, 2.05) is 0 Å². The third-order valence-corrected chi connectivity index (χ3v) is 3.41. The maximum absolute atomic E-state index is 13.6. The van der Waals surface area contributed by atoms with E-state index in [1.165, 1.54) is 6.92 Å². The Kier molecular flexibility index (Phi) is 4.68. The van der Waals surface area contributed by atoms with Crippen LogP contribution in [0, 0.1) is 0 Å². The molecule has 1 fully saturated rings. The van der Waals surface area contributed by atoms with Gasteiger partial charge in [0.25, 0.3) is 5.72 Å². The Morgan fingerprint density at radius 1 is 0.696 bits per heavy atom. The van der Waals surface area contributed by atoms with Crippen molar-refractivity contribution in [2.75, 3.05) is 6.61 Å². The molecule has 0 aliphatic heterocycles. The van der Waals surface area contributed by atoms with Gasteiger partial charge in [-0.05, 0) is 6.42 Å². The monoisotopic (exact) mass is 369 g/mol. The molecule has 1 aliphatic rings. The van der Waals surface area contributed by atoms with Gasteiger partial charge in [0.15, 0.2) is 0 Å². The highest BCUT2D eigenvalue weighted by Gasteiger charge is 3.01. The number of hydrogen-bond acceptors (Lipinski definition) is 2. The first-order valence-electron chi connectivity index (χ1n) is 6.03. The number of alkyl halides is 10. The van der Waals surface area contributed by atoms with Crippen LogP contribution in [0.4, 0.5) is 48.4 Å². The van der Waals surface area contributed by atoms with Crippen LogP contribution in [-0.2, 0) is 4.74 Å². The van der Waals surface area contributed by atoms with Crippen LogP contribution in [0.5, 0.6) is 0 Å². The quantitative estimate of drug-likeness (QED) is 0.340. The number of ether oxygens (including phenoxy) is 1. The average molecular weight is 369 g/mol. The fourth-order valence-electron chi connectivity index (χ4n) is 1.93. The maximum Gasteiger partial charge on any atom is 0.384 e. The van der Waals surface area contributed by atoms with Crippen LogP contribution < -0.4 is 5.54 Å². The normalized spacial score (nSPS) is 29.2. The highest BCUT2D eigenvalue weighted by atomic mass is 19.4. The van der Waals surface area contributed by atoms with Gasteiger partial charge in [0.05, 0.1) is 0 Å². The summed E-state index contributed by atoms with van der Waals surface area (Å²) in [6.07, 6.45) is -0.369. The van der Waals surface area contributed by atoms with Crippen LogP contribution in [0.1, 0.15) is 19.8 Å². The topological polar surface area (TPSA) is 21.3 Å². The van der Waals surface area contributed by atoms with Gasteiger partial charge in [0.2, 0.25) is 0 Å². The van der Waals surface area contributed by atoms with Crippen molar-refractivity contribution < 1.29 is 53.1 Å². The first kappa shape index (κ1) is 20.2. The Labute approximate surface area is 121 Å². The van der Waals surface area contributed by atoms with Crippen LogP contribution in [0.15, 0.2) is 0 Å². The molecule has 13 heteroatoms. The predicted octanol–water partition coefficient (Wildman–Crippen LogP) is 4.16. The zero-order chi connectivity index (χ0) is 18.5. The van der Waals surface area contributed by atoms with Crippen LogP contribution in [0.3, 0.4) is 0 Å². The van der Waals surface area contributed by atoms with E-state index in [0.717, 1.165) is 0 Å². The molecule has 0 unspecified atom stereocenters. The third kappa shape index (κ3) is 2.01. The lowest BCUT2D eigenvalue weighted by Crippen LogP contribution is -2.88. The number of nitrogens with one attached hydrogen (secondary N) is 1. The minimum absolute atomic E-state index is 0.0302.